The van der Waals surface area contributed by atoms with Gasteiger partial charge in [0.2, 0.25) is 0 Å². The molecule has 0 spiro atoms. The molecule has 1 N–H and O–H groups in total. The summed E-state index contributed by atoms with van der Waals surface area (Å²) in [5, 5.41) is 12.7. The van der Waals surface area contributed by atoms with E-state index in [1.165, 1.54) is 6.42 Å². The topological polar surface area (TPSA) is 20.2 Å². The van der Waals surface area contributed by atoms with Gasteiger partial charge in [0.15, 0.2) is 0 Å². The molecule has 1 nitrogen and oxygen atoms in total. The number of aliphatic hydroxyl groups excluding tert-OH is 1. The molecule has 3 heteroatoms. The number of hydrogen-bond acceptors (Lipinski definition) is 2. The number of halogens is 1. The Morgan fingerprint density at radius 1 is 1.40 bits per heavy atom. The monoisotopic (exact) mass is 246 g/mol. The lowest BCUT2D eigenvalue weighted by atomic mass is 10.0. The molecule has 0 amide bonds. The number of rotatable bonds is 5. The summed E-state index contributed by atoms with van der Waals surface area (Å²) in [6.07, 6.45) is 2.66. The average molecular weight is 247 g/mol. The summed E-state index contributed by atoms with van der Waals surface area (Å²) in [6.45, 7) is 6.38. The summed E-state index contributed by atoms with van der Waals surface area (Å²) in [4.78, 5) is 0.929. The van der Waals surface area contributed by atoms with Crippen molar-refractivity contribution in [1.29, 1.82) is 0 Å². The Balaban J connectivity index is 2.47. The number of thiophene rings is 1. The fourth-order valence-electron chi connectivity index (χ4n) is 1.53. The maximum Gasteiger partial charge on any atom is 0.0897 e. The second kappa shape index (κ2) is 5.88. The van der Waals surface area contributed by atoms with Gasteiger partial charge in [-0.05, 0) is 30.2 Å². The second-order valence-electron chi connectivity index (χ2n) is 4.44. The third-order valence-corrected chi connectivity index (χ3v) is 4.30. The number of aryl methyl sites for hydroxylation is 1. The first kappa shape index (κ1) is 13.0. The average Bonchev–Trinajstić information content (AvgIpc) is 2.47. The summed E-state index contributed by atoms with van der Waals surface area (Å²) in [6, 6.07) is 0. The van der Waals surface area contributed by atoms with Crippen molar-refractivity contribution < 1.29 is 5.11 Å². The van der Waals surface area contributed by atoms with Crippen molar-refractivity contribution in [3.8, 4) is 0 Å². The highest BCUT2D eigenvalue weighted by atomic mass is 35.5. The first-order valence-electron chi connectivity index (χ1n) is 5.44. The summed E-state index contributed by atoms with van der Waals surface area (Å²) in [5.74, 6) is 0.706. The minimum Gasteiger partial charge on any atom is -0.388 e. The van der Waals surface area contributed by atoms with Gasteiger partial charge in [0.1, 0.15) is 0 Å². The molecule has 0 aromatic carbocycles. The molecule has 0 aliphatic carbocycles. The Labute approximate surface area is 101 Å². The molecule has 86 valence electrons. The number of hydrogen-bond donors (Lipinski definition) is 1. The van der Waals surface area contributed by atoms with Crippen LogP contribution < -0.4 is 0 Å². The van der Waals surface area contributed by atoms with Gasteiger partial charge in [0.05, 0.1) is 16.0 Å². The first-order chi connectivity index (χ1) is 7.02. The van der Waals surface area contributed by atoms with Gasteiger partial charge in [0, 0.05) is 0 Å². The SMILES string of the molecule is Cc1csc(C(O)CCCC(C)C)c1Cl. The van der Waals surface area contributed by atoms with Crippen molar-refractivity contribution >= 4 is 22.9 Å². The van der Waals surface area contributed by atoms with Crippen molar-refractivity contribution in [2.75, 3.05) is 0 Å². The molecule has 1 heterocycles. The van der Waals surface area contributed by atoms with Crippen molar-refractivity contribution in [3.05, 3.63) is 20.8 Å². The van der Waals surface area contributed by atoms with Gasteiger partial charge in [-0.25, -0.2) is 0 Å². The van der Waals surface area contributed by atoms with E-state index in [0.29, 0.717) is 5.92 Å². The summed E-state index contributed by atoms with van der Waals surface area (Å²) < 4.78 is 0. The van der Waals surface area contributed by atoms with Crippen LogP contribution in [0, 0.1) is 12.8 Å². The molecule has 1 aromatic rings. The van der Waals surface area contributed by atoms with Crippen LogP contribution in [0.5, 0.6) is 0 Å². The maximum atomic E-state index is 9.95. The van der Waals surface area contributed by atoms with Crippen LogP contribution in [0.15, 0.2) is 5.38 Å². The molecule has 0 aliphatic rings. The highest BCUT2D eigenvalue weighted by molar-refractivity contribution is 7.10. The lowest BCUT2D eigenvalue weighted by Gasteiger charge is -2.10. The third-order valence-electron chi connectivity index (χ3n) is 2.49. The largest absolute Gasteiger partial charge is 0.388 e. The van der Waals surface area contributed by atoms with E-state index in [4.69, 9.17) is 11.6 Å². The molecule has 1 atom stereocenters. The predicted octanol–water partition coefficient (Wildman–Crippen LogP) is 4.57. The fourth-order valence-corrected chi connectivity index (χ4v) is 2.86. The van der Waals surface area contributed by atoms with Crippen LogP contribution in [0.25, 0.3) is 0 Å². The Bertz CT molecular complexity index is 307. The molecule has 1 rings (SSSR count). The molecule has 0 bridgehead atoms. The highest BCUT2D eigenvalue weighted by Crippen LogP contribution is 2.34. The van der Waals surface area contributed by atoms with Crippen LogP contribution >= 0.6 is 22.9 Å². The van der Waals surface area contributed by atoms with Crippen LogP contribution in [0.2, 0.25) is 5.02 Å². The quantitative estimate of drug-likeness (QED) is 0.807. The van der Waals surface area contributed by atoms with Crippen LogP contribution in [0.4, 0.5) is 0 Å². The molecule has 1 aromatic heterocycles. The smallest absolute Gasteiger partial charge is 0.0897 e. The lowest BCUT2D eigenvalue weighted by Crippen LogP contribution is -1.97. The van der Waals surface area contributed by atoms with Crippen LogP contribution in [0.1, 0.15) is 49.7 Å². The molecule has 0 radical (unpaired) electrons. The Morgan fingerprint density at radius 3 is 2.53 bits per heavy atom. The van der Waals surface area contributed by atoms with E-state index < -0.39 is 0 Å². The van der Waals surface area contributed by atoms with Crippen molar-refractivity contribution in [2.24, 2.45) is 5.92 Å². The first-order valence-corrected chi connectivity index (χ1v) is 6.69. The minimum atomic E-state index is -0.380. The van der Waals surface area contributed by atoms with E-state index in [1.807, 2.05) is 12.3 Å². The Morgan fingerprint density at radius 2 is 2.07 bits per heavy atom. The van der Waals surface area contributed by atoms with E-state index in [0.717, 1.165) is 28.3 Å². The molecule has 0 saturated heterocycles. The second-order valence-corrected chi connectivity index (χ2v) is 5.73. The summed E-state index contributed by atoms with van der Waals surface area (Å²) in [7, 11) is 0. The third kappa shape index (κ3) is 3.78. The van der Waals surface area contributed by atoms with Gasteiger partial charge in [-0.15, -0.1) is 11.3 Å². The van der Waals surface area contributed by atoms with Crippen LogP contribution in [-0.4, -0.2) is 5.11 Å². The van der Waals surface area contributed by atoms with Crippen molar-refractivity contribution in [1.82, 2.24) is 0 Å². The maximum absolute atomic E-state index is 9.95. The highest BCUT2D eigenvalue weighted by Gasteiger charge is 2.15. The van der Waals surface area contributed by atoms with E-state index in [9.17, 15) is 5.11 Å². The molecular weight excluding hydrogens is 228 g/mol. The Hall–Kier alpha value is -0.0500. The normalized spacial score (nSPS) is 13.5. The standard InChI is InChI=1S/C12H19ClOS/c1-8(2)5-4-6-10(14)12-11(13)9(3)7-15-12/h7-8,10,14H,4-6H2,1-3H3. The van der Waals surface area contributed by atoms with Gasteiger partial charge < -0.3 is 5.11 Å². The van der Waals surface area contributed by atoms with Gasteiger partial charge in [-0.3, -0.25) is 0 Å². The zero-order valence-corrected chi connectivity index (χ0v) is 11.2. The lowest BCUT2D eigenvalue weighted by molar-refractivity contribution is 0.166. The van der Waals surface area contributed by atoms with E-state index in [-0.39, 0.29) is 6.10 Å². The zero-order chi connectivity index (χ0) is 11.4. The van der Waals surface area contributed by atoms with Crippen molar-refractivity contribution in [2.45, 2.75) is 46.1 Å². The minimum absolute atomic E-state index is 0.380. The predicted molar refractivity (Wildman–Crippen MR) is 67.7 cm³/mol. The van der Waals surface area contributed by atoms with Gasteiger partial charge in [0.25, 0.3) is 0 Å². The molecular formula is C12H19ClOS. The van der Waals surface area contributed by atoms with E-state index >= 15 is 0 Å². The Kier molecular flexibility index (Phi) is 5.10. The van der Waals surface area contributed by atoms with E-state index in [1.54, 1.807) is 11.3 Å². The number of aliphatic hydroxyl groups is 1. The molecule has 0 saturated carbocycles. The fraction of sp³-hybridized carbons (Fsp3) is 0.667. The summed E-state index contributed by atoms with van der Waals surface area (Å²) in [5.41, 5.74) is 1.07. The van der Waals surface area contributed by atoms with Gasteiger partial charge >= 0.3 is 0 Å². The molecule has 15 heavy (non-hydrogen) atoms. The van der Waals surface area contributed by atoms with Gasteiger partial charge in [-0.2, -0.15) is 0 Å². The van der Waals surface area contributed by atoms with Crippen LogP contribution in [-0.2, 0) is 0 Å². The molecule has 1 unspecified atom stereocenters. The van der Waals surface area contributed by atoms with Crippen LogP contribution in [0.3, 0.4) is 0 Å². The molecule has 0 aliphatic heterocycles. The zero-order valence-electron chi connectivity index (χ0n) is 9.59. The summed E-state index contributed by atoms with van der Waals surface area (Å²) >= 11 is 7.66. The van der Waals surface area contributed by atoms with Gasteiger partial charge in [-0.1, -0.05) is 38.3 Å². The molecule has 0 fully saturated rings. The van der Waals surface area contributed by atoms with E-state index in [2.05, 4.69) is 13.8 Å². The van der Waals surface area contributed by atoms with Crippen molar-refractivity contribution in [3.63, 3.8) is 0 Å².